The van der Waals surface area contributed by atoms with Crippen LogP contribution in [0, 0.1) is 5.92 Å². The van der Waals surface area contributed by atoms with E-state index < -0.39 is 0 Å². The number of methoxy groups -OCH3 is 1. The molecule has 0 saturated carbocycles. The molecule has 1 aromatic carbocycles. The zero-order chi connectivity index (χ0) is 18.6. The van der Waals surface area contributed by atoms with Crippen LogP contribution >= 0.6 is 0 Å². The van der Waals surface area contributed by atoms with Crippen LogP contribution in [0.15, 0.2) is 48.7 Å². The molecule has 27 heavy (non-hydrogen) atoms. The summed E-state index contributed by atoms with van der Waals surface area (Å²) in [4.78, 5) is 23.9. The standard InChI is InChI=1S/C21H24N4O2/c1-27-13-12-25-19(23-18-8-5-10-22-20(18)25)14-16-9-11-24(15-16)21(26)17-6-3-2-4-7-17/h2-8,10,16H,9,11-15H2,1H3/t16-/m0/s1. The molecular formula is C21H24N4O2. The Hall–Kier alpha value is -2.73. The molecule has 4 rings (SSSR count). The van der Waals surface area contributed by atoms with Crippen molar-refractivity contribution in [3.05, 3.63) is 60.0 Å². The molecule has 2 aromatic heterocycles. The molecule has 1 amide bonds. The van der Waals surface area contributed by atoms with E-state index in [1.165, 1.54) is 0 Å². The quantitative estimate of drug-likeness (QED) is 0.675. The Bertz CT molecular complexity index is 922. The zero-order valence-electron chi connectivity index (χ0n) is 15.5. The molecule has 1 aliphatic rings. The number of rotatable bonds is 6. The predicted octanol–water partition coefficient (Wildman–Crippen LogP) is 2.78. The lowest BCUT2D eigenvalue weighted by Gasteiger charge is -2.17. The summed E-state index contributed by atoms with van der Waals surface area (Å²) in [7, 11) is 1.70. The first kappa shape index (κ1) is 17.7. The van der Waals surface area contributed by atoms with Crippen molar-refractivity contribution in [1.29, 1.82) is 0 Å². The molecule has 3 aromatic rings. The van der Waals surface area contributed by atoms with E-state index in [2.05, 4.69) is 9.55 Å². The number of hydrogen-bond donors (Lipinski definition) is 0. The second-order valence-corrected chi connectivity index (χ2v) is 6.99. The molecule has 0 bridgehead atoms. The minimum atomic E-state index is 0.118. The van der Waals surface area contributed by atoms with Gasteiger partial charge in [-0.25, -0.2) is 9.97 Å². The van der Waals surface area contributed by atoms with Crippen LogP contribution in [0.5, 0.6) is 0 Å². The lowest BCUT2D eigenvalue weighted by atomic mass is 10.0. The molecule has 0 aliphatic carbocycles. The van der Waals surface area contributed by atoms with Crippen LogP contribution in [-0.2, 0) is 17.7 Å². The number of imidazole rings is 1. The highest BCUT2D eigenvalue weighted by Gasteiger charge is 2.28. The van der Waals surface area contributed by atoms with Crippen LogP contribution in [0.2, 0.25) is 0 Å². The number of likely N-dealkylation sites (tertiary alicyclic amines) is 1. The van der Waals surface area contributed by atoms with Gasteiger partial charge in [-0.15, -0.1) is 0 Å². The first-order valence-corrected chi connectivity index (χ1v) is 9.39. The summed E-state index contributed by atoms with van der Waals surface area (Å²) in [5.74, 6) is 1.56. The molecule has 0 radical (unpaired) electrons. The Kier molecular flexibility index (Phi) is 5.16. The third-order valence-electron chi connectivity index (χ3n) is 5.17. The van der Waals surface area contributed by atoms with E-state index >= 15 is 0 Å². The second-order valence-electron chi connectivity index (χ2n) is 6.99. The molecule has 1 fully saturated rings. The average Bonchev–Trinajstić information content (AvgIpc) is 3.31. The maximum atomic E-state index is 12.7. The molecule has 140 valence electrons. The molecule has 6 heteroatoms. The Morgan fingerprint density at radius 3 is 2.89 bits per heavy atom. The van der Waals surface area contributed by atoms with Gasteiger partial charge < -0.3 is 14.2 Å². The molecular weight excluding hydrogens is 340 g/mol. The van der Waals surface area contributed by atoms with Crippen molar-refractivity contribution in [3.8, 4) is 0 Å². The minimum absolute atomic E-state index is 0.118. The van der Waals surface area contributed by atoms with Crippen LogP contribution in [0.25, 0.3) is 11.2 Å². The highest BCUT2D eigenvalue weighted by molar-refractivity contribution is 5.94. The van der Waals surface area contributed by atoms with Crippen LogP contribution in [0.1, 0.15) is 22.6 Å². The van der Waals surface area contributed by atoms with E-state index in [0.29, 0.717) is 12.5 Å². The van der Waals surface area contributed by atoms with Gasteiger partial charge >= 0.3 is 0 Å². The van der Waals surface area contributed by atoms with Gasteiger partial charge in [0.15, 0.2) is 5.65 Å². The lowest BCUT2D eigenvalue weighted by Crippen LogP contribution is -2.29. The number of benzene rings is 1. The maximum Gasteiger partial charge on any atom is 0.253 e. The Morgan fingerprint density at radius 1 is 1.22 bits per heavy atom. The third-order valence-corrected chi connectivity index (χ3v) is 5.17. The fourth-order valence-corrected chi connectivity index (χ4v) is 3.78. The molecule has 1 saturated heterocycles. The van der Waals surface area contributed by atoms with E-state index in [1.54, 1.807) is 13.3 Å². The topological polar surface area (TPSA) is 60.2 Å². The van der Waals surface area contributed by atoms with Gasteiger partial charge in [0, 0.05) is 44.9 Å². The Morgan fingerprint density at radius 2 is 2.07 bits per heavy atom. The van der Waals surface area contributed by atoms with Gasteiger partial charge in [0.25, 0.3) is 5.91 Å². The van der Waals surface area contributed by atoms with E-state index in [-0.39, 0.29) is 5.91 Å². The van der Waals surface area contributed by atoms with Crippen LogP contribution in [0.3, 0.4) is 0 Å². The highest BCUT2D eigenvalue weighted by atomic mass is 16.5. The number of fused-ring (bicyclic) bond motifs is 1. The predicted molar refractivity (Wildman–Crippen MR) is 104 cm³/mol. The van der Waals surface area contributed by atoms with Crippen molar-refractivity contribution in [2.24, 2.45) is 5.92 Å². The Balaban J connectivity index is 1.49. The van der Waals surface area contributed by atoms with Gasteiger partial charge in [-0.1, -0.05) is 18.2 Å². The monoisotopic (exact) mass is 364 g/mol. The smallest absolute Gasteiger partial charge is 0.253 e. The SMILES string of the molecule is COCCn1c(C[C@@H]2CCN(C(=O)c3ccccc3)C2)nc2cccnc21. The van der Waals surface area contributed by atoms with Gasteiger partial charge in [0.05, 0.1) is 6.61 Å². The number of amides is 1. The molecule has 1 atom stereocenters. The van der Waals surface area contributed by atoms with Crippen molar-refractivity contribution in [3.63, 3.8) is 0 Å². The van der Waals surface area contributed by atoms with Crippen molar-refractivity contribution < 1.29 is 9.53 Å². The zero-order valence-corrected chi connectivity index (χ0v) is 15.5. The van der Waals surface area contributed by atoms with Crippen LogP contribution in [-0.4, -0.2) is 52.1 Å². The first-order valence-electron chi connectivity index (χ1n) is 9.39. The van der Waals surface area contributed by atoms with Gasteiger partial charge in [0.1, 0.15) is 11.3 Å². The van der Waals surface area contributed by atoms with Crippen molar-refractivity contribution >= 4 is 17.1 Å². The number of nitrogens with zero attached hydrogens (tertiary/aromatic N) is 4. The molecule has 0 spiro atoms. The number of ether oxygens (including phenoxy) is 1. The van der Waals surface area contributed by atoms with Crippen LogP contribution < -0.4 is 0 Å². The summed E-state index contributed by atoms with van der Waals surface area (Å²) >= 11 is 0. The van der Waals surface area contributed by atoms with Crippen LogP contribution in [0.4, 0.5) is 0 Å². The van der Waals surface area contributed by atoms with Crippen molar-refractivity contribution in [2.75, 3.05) is 26.8 Å². The molecule has 1 aliphatic heterocycles. The van der Waals surface area contributed by atoms with Crippen molar-refractivity contribution in [1.82, 2.24) is 19.4 Å². The van der Waals surface area contributed by atoms with Gasteiger partial charge in [-0.3, -0.25) is 4.79 Å². The van der Waals surface area contributed by atoms with E-state index in [1.807, 2.05) is 47.4 Å². The second kappa shape index (κ2) is 7.88. The summed E-state index contributed by atoms with van der Waals surface area (Å²) in [5, 5.41) is 0. The summed E-state index contributed by atoms with van der Waals surface area (Å²) < 4.78 is 7.41. The largest absolute Gasteiger partial charge is 0.383 e. The maximum absolute atomic E-state index is 12.7. The third kappa shape index (κ3) is 3.71. The summed E-state index contributed by atoms with van der Waals surface area (Å²) in [6.07, 6.45) is 3.64. The number of hydrogen-bond acceptors (Lipinski definition) is 4. The van der Waals surface area contributed by atoms with Gasteiger partial charge in [-0.2, -0.15) is 0 Å². The molecule has 6 nitrogen and oxygen atoms in total. The first-order chi connectivity index (χ1) is 13.3. The molecule has 0 N–H and O–H groups in total. The Labute approximate surface area is 158 Å². The normalized spacial score (nSPS) is 16.9. The fourth-order valence-electron chi connectivity index (χ4n) is 3.78. The summed E-state index contributed by atoms with van der Waals surface area (Å²) in [6, 6.07) is 13.4. The molecule has 0 unspecified atom stereocenters. The van der Waals surface area contributed by atoms with Gasteiger partial charge in [0.2, 0.25) is 0 Å². The van der Waals surface area contributed by atoms with E-state index in [0.717, 1.165) is 55.0 Å². The number of carbonyl (C=O) groups excluding carboxylic acids is 1. The number of pyridine rings is 1. The molecule has 3 heterocycles. The fraction of sp³-hybridized carbons (Fsp3) is 0.381. The van der Waals surface area contributed by atoms with E-state index in [4.69, 9.17) is 9.72 Å². The summed E-state index contributed by atoms with van der Waals surface area (Å²) in [5.41, 5.74) is 2.58. The number of carbonyl (C=O) groups is 1. The average molecular weight is 364 g/mol. The summed E-state index contributed by atoms with van der Waals surface area (Å²) in [6.45, 7) is 2.93. The highest BCUT2D eigenvalue weighted by Crippen LogP contribution is 2.24. The number of aromatic nitrogens is 3. The van der Waals surface area contributed by atoms with Crippen molar-refractivity contribution in [2.45, 2.75) is 19.4 Å². The van der Waals surface area contributed by atoms with Gasteiger partial charge in [-0.05, 0) is 36.6 Å². The van der Waals surface area contributed by atoms with E-state index in [9.17, 15) is 4.79 Å². The minimum Gasteiger partial charge on any atom is -0.383 e. The lowest BCUT2D eigenvalue weighted by molar-refractivity contribution is 0.0787.